The number of likely N-dealkylation sites (N-methyl/N-ethyl adjacent to an activating group) is 1. The van der Waals surface area contributed by atoms with E-state index < -0.39 is 0 Å². The monoisotopic (exact) mass is 351 g/mol. The van der Waals surface area contributed by atoms with Crippen molar-refractivity contribution < 1.29 is 14.3 Å². The number of rotatable bonds is 4. The number of amides is 1. The van der Waals surface area contributed by atoms with Crippen LogP contribution in [0.15, 0.2) is 54.9 Å². The lowest BCUT2D eigenvalue weighted by Crippen LogP contribution is -2.41. The highest BCUT2D eigenvalue weighted by Gasteiger charge is 2.24. The summed E-state index contributed by atoms with van der Waals surface area (Å²) in [7, 11) is 1.75. The van der Waals surface area contributed by atoms with E-state index in [1.165, 1.54) is 11.0 Å². The first-order chi connectivity index (χ1) is 12.7. The molecule has 0 saturated carbocycles. The van der Waals surface area contributed by atoms with Crippen molar-refractivity contribution >= 4 is 5.91 Å². The van der Waals surface area contributed by atoms with Gasteiger partial charge < -0.3 is 14.4 Å². The highest BCUT2D eigenvalue weighted by Crippen LogP contribution is 2.31. The van der Waals surface area contributed by atoms with Crippen LogP contribution >= 0.6 is 0 Å². The van der Waals surface area contributed by atoms with Crippen LogP contribution in [0.5, 0.6) is 11.5 Å². The number of fused-ring (bicyclic) bond motifs is 1. The van der Waals surface area contributed by atoms with Gasteiger partial charge in [-0.25, -0.2) is 4.68 Å². The second-order valence-electron chi connectivity index (χ2n) is 5.98. The van der Waals surface area contributed by atoms with Crippen LogP contribution < -0.4 is 9.47 Å². The Balaban J connectivity index is 1.40. The number of carbonyl (C=O) groups excluding carboxylic acids is 1. The van der Waals surface area contributed by atoms with E-state index in [-0.39, 0.29) is 12.0 Å². The van der Waals surface area contributed by atoms with E-state index in [9.17, 15) is 4.79 Å². The van der Waals surface area contributed by atoms with Gasteiger partial charge in [0, 0.05) is 12.6 Å². The molecule has 1 aliphatic rings. The summed E-state index contributed by atoms with van der Waals surface area (Å²) in [6, 6.07) is 14.6. The van der Waals surface area contributed by atoms with E-state index in [1.54, 1.807) is 36.2 Å². The summed E-state index contributed by atoms with van der Waals surface area (Å²) in [4.78, 5) is 14.3. The largest absolute Gasteiger partial charge is 0.486 e. The van der Waals surface area contributed by atoms with Gasteiger partial charge in [0.1, 0.15) is 12.9 Å². The lowest BCUT2D eigenvalue weighted by Gasteiger charge is -2.29. The highest BCUT2D eigenvalue weighted by molar-refractivity contribution is 5.94. The molecular weight excluding hydrogens is 334 g/mol. The van der Waals surface area contributed by atoms with Gasteiger partial charge in [0.2, 0.25) is 0 Å². The molecule has 0 fully saturated rings. The van der Waals surface area contributed by atoms with Crippen LogP contribution in [-0.4, -0.2) is 57.3 Å². The van der Waals surface area contributed by atoms with Crippen molar-refractivity contribution in [1.29, 1.82) is 0 Å². The Morgan fingerprint density at radius 3 is 2.69 bits per heavy atom. The molecule has 8 heteroatoms. The quantitative estimate of drug-likeness (QED) is 0.710. The molecule has 0 saturated heterocycles. The zero-order chi connectivity index (χ0) is 17.9. The third-order valence-corrected chi connectivity index (χ3v) is 4.12. The summed E-state index contributed by atoms with van der Waals surface area (Å²) in [5, 5.41) is 11.0. The summed E-state index contributed by atoms with van der Waals surface area (Å²) in [6.07, 6.45) is 1.29. The second kappa shape index (κ2) is 6.83. The molecule has 2 heterocycles. The molecule has 1 atom stereocenters. The Kier molecular flexibility index (Phi) is 4.22. The maximum atomic E-state index is 12.6. The van der Waals surface area contributed by atoms with Gasteiger partial charge in [0.05, 0.1) is 12.2 Å². The topological polar surface area (TPSA) is 82.4 Å². The van der Waals surface area contributed by atoms with Crippen molar-refractivity contribution in [1.82, 2.24) is 25.1 Å². The van der Waals surface area contributed by atoms with Crippen LogP contribution in [-0.2, 0) is 0 Å². The van der Waals surface area contributed by atoms with Crippen LogP contribution in [0.2, 0.25) is 0 Å². The van der Waals surface area contributed by atoms with Crippen LogP contribution in [0.25, 0.3) is 5.69 Å². The minimum atomic E-state index is -0.209. The highest BCUT2D eigenvalue weighted by atomic mass is 16.6. The van der Waals surface area contributed by atoms with Gasteiger partial charge in [-0.1, -0.05) is 12.1 Å². The zero-order valence-corrected chi connectivity index (χ0v) is 14.1. The smallest absolute Gasteiger partial charge is 0.253 e. The third kappa shape index (κ3) is 3.21. The summed E-state index contributed by atoms with van der Waals surface area (Å²) < 4.78 is 13.1. The lowest BCUT2D eigenvalue weighted by atomic mass is 10.1. The Labute approximate surface area is 149 Å². The predicted molar refractivity (Wildman–Crippen MR) is 92.5 cm³/mol. The van der Waals surface area contributed by atoms with Crippen molar-refractivity contribution in [3.8, 4) is 17.2 Å². The molecule has 0 N–H and O–H groups in total. The zero-order valence-electron chi connectivity index (χ0n) is 14.1. The number of hydrogen-bond acceptors (Lipinski definition) is 6. The SMILES string of the molecule is CN(C[C@@H]1COc2ccccc2O1)C(=O)c1ccc(-n2cnnn2)cc1. The van der Waals surface area contributed by atoms with E-state index in [1.807, 2.05) is 24.3 Å². The maximum absolute atomic E-state index is 12.6. The molecule has 0 unspecified atom stereocenters. The number of tetrazole rings is 1. The summed E-state index contributed by atoms with van der Waals surface area (Å²) in [5.41, 5.74) is 1.37. The molecule has 26 heavy (non-hydrogen) atoms. The van der Waals surface area contributed by atoms with E-state index in [2.05, 4.69) is 15.5 Å². The molecule has 0 aliphatic carbocycles. The Morgan fingerprint density at radius 2 is 1.96 bits per heavy atom. The lowest BCUT2D eigenvalue weighted by molar-refractivity contribution is 0.0521. The summed E-state index contributed by atoms with van der Waals surface area (Å²) >= 11 is 0. The maximum Gasteiger partial charge on any atom is 0.253 e. The number of para-hydroxylation sites is 2. The third-order valence-electron chi connectivity index (χ3n) is 4.12. The minimum Gasteiger partial charge on any atom is -0.486 e. The van der Waals surface area contributed by atoms with E-state index in [0.717, 1.165) is 11.4 Å². The van der Waals surface area contributed by atoms with Crippen LogP contribution in [0.3, 0.4) is 0 Å². The molecule has 1 amide bonds. The number of carbonyl (C=O) groups is 1. The number of ether oxygens (including phenoxy) is 2. The van der Waals surface area contributed by atoms with Gasteiger partial charge in [-0.2, -0.15) is 0 Å². The molecule has 3 aromatic rings. The molecule has 2 aromatic carbocycles. The van der Waals surface area contributed by atoms with E-state index >= 15 is 0 Å². The van der Waals surface area contributed by atoms with E-state index in [4.69, 9.17) is 9.47 Å². The number of hydrogen-bond donors (Lipinski definition) is 0. The minimum absolute atomic E-state index is 0.0873. The molecule has 1 aromatic heterocycles. The molecule has 0 bridgehead atoms. The Morgan fingerprint density at radius 1 is 1.19 bits per heavy atom. The molecule has 4 rings (SSSR count). The molecule has 8 nitrogen and oxygen atoms in total. The van der Waals surface area contributed by atoms with Gasteiger partial charge in [-0.05, 0) is 46.8 Å². The molecule has 132 valence electrons. The molecule has 1 aliphatic heterocycles. The fourth-order valence-electron chi connectivity index (χ4n) is 2.80. The van der Waals surface area contributed by atoms with Crippen molar-refractivity contribution in [3.63, 3.8) is 0 Å². The predicted octanol–water partition coefficient (Wildman–Crippen LogP) is 1.57. The normalized spacial score (nSPS) is 15.5. The first kappa shape index (κ1) is 16.1. The van der Waals surface area contributed by atoms with Crippen molar-refractivity contribution in [2.24, 2.45) is 0 Å². The molecule has 0 spiro atoms. The Bertz CT molecular complexity index is 895. The average molecular weight is 351 g/mol. The van der Waals surface area contributed by atoms with Gasteiger partial charge >= 0.3 is 0 Å². The van der Waals surface area contributed by atoms with Crippen molar-refractivity contribution in [2.75, 3.05) is 20.2 Å². The van der Waals surface area contributed by atoms with Crippen LogP contribution in [0.4, 0.5) is 0 Å². The fourth-order valence-corrected chi connectivity index (χ4v) is 2.80. The number of aromatic nitrogens is 4. The van der Waals surface area contributed by atoms with Gasteiger partial charge in [-0.3, -0.25) is 4.79 Å². The van der Waals surface area contributed by atoms with Gasteiger partial charge in [-0.15, -0.1) is 5.10 Å². The summed E-state index contributed by atoms with van der Waals surface area (Å²) in [6.45, 7) is 0.842. The van der Waals surface area contributed by atoms with Crippen LogP contribution in [0, 0.1) is 0 Å². The Hall–Kier alpha value is -3.42. The molecule has 0 radical (unpaired) electrons. The second-order valence-corrected chi connectivity index (χ2v) is 5.98. The summed E-state index contributed by atoms with van der Waals surface area (Å²) in [5.74, 6) is 1.35. The van der Waals surface area contributed by atoms with Gasteiger partial charge in [0.15, 0.2) is 17.6 Å². The number of benzene rings is 2. The first-order valence-electron chi connectivity index (χ1n) is 8.18. The molecular formula is C18H17N5O3. The first-order valence-corrected chi connectivity index (χ1v) is 8.18. The van der Waals surface area contributed by atoms with Crippen molar-refractivity contribution in [2.45, 2.75) is 6.10 Å². The van der Waals surface area contributed by atoms with Gasteiger partial charge in [0.25, 0.3) is 5.91 Å². The van der Waals surface area contributed by atoms with E-state index in [0.29, 0.717) is 24.5 Å². The number of nitrogens with zero attached hydrogens (tertiary/aromatic N) is 5. The fraction of sp³-hybridized carbons (Fsp3) is 0.222. The average Bonchev–Trinajstić information content (AvgIpc) is 3.22. The van der Waals surface area contributed by atoms with Crippen molar-refractivity contribution in [3.05, 3.63) is 60.4 Å². The standard InChI is InChI=1S/C18H17N5O3/c1-22(10-15-11-25-16-4-2-3-5-17(16)26-15)18(24)13-6-8-14(9-7-13)23-12-19-20-21-23/h2-9,12,15H,10-11H2,1H3/t15-/m1/s1. The van der Waals surface area contributed by atoms with Crippen LogP contribution in [0.1, 0.15) is 10.4 Å².